The van der Waals surface area contributed by atoms with Crippen molar-refractivity contribution in [2.45, 2.75) is 19.5 Å². The topological polar surface area (TPSA) is 32.3 Å². The predicted octanol–water partition coefficient (Wildman–Crippen LogP) is 1.83. The molecule has 0 radical (unpaired) electrons. The van der Waals surface area contributed by atoms with Crippen LogP contribution in [-0.2, 0) is 4.79 Å². The zero-order valence-corrected chi connectivity index (χ0v) is 10.2. The van der Waals surface area contributed by atoms with Crippen molar-refractivity contribution in [3.05, 3.63) is 22.4 Å². The number of hydrogen-bond donors (Lipinski definition) is 1. The van der Waals surface area contributed by atoms with Gasteiger partial charge in [0, 0.05) is 11.4 Å². The van der Waals surface area contributed by atoms with E-state index < -0.39 is 0 Å². The van der Waals surface area contributed by atoms with Gasteiger partial charge in [0.1, 0.15) is 6.17 Å². The fourth-order valence-corrected chi connectivity index (χ4v) is 3.16. The first-order chi connectivity index (χ1) is 7.75. The molecule has 1 aromatic heterocycles. The zero-order valence-electron chi connectivity index (χ0n) is 9.35. The Balaban J connectivity index is 1.75. The highest BCUT2D eigenvalue weighted by molar-refractivity contribution is 7.10. The van der Waals surface area contributed by atoms with Gasteiger partial charge in [-0.2, -0.15) is 0 Å². The van der Waals surface area contributed by atoms with Crippen molar-refractivity contribution >= 4 is 17.2 Å². The lowest BCUT2D eigenvalue weighted by molar-refractivity contribution is -0.128. The number of amides is 1. The van der Waals surface area contributed by atoms with Crippen molar-refractivity contribution in [2.75, 3.05) is 13.1 Å². The van der Waals surface area contributed by atoms with Gasteiger partial charge in [0.2, 0.25) is 5.91 Å². The van der Waals surface area contributed by atoms with E-state index in [2.05, 4.69) is 23.7 Å². The normalized spacial score (nSPS) is 33.4. The van der Waals surface area contributed by atoms with Crippen LogP contribution in [0.25, 0.3) is 0 Å². The van der Waals surface area contributed by atoms with Gasteiger partial charge >= 0.3 is 0 Å². The molecule has 1 amide bonds. The second-order valence-corrected chi connectivity index (χ2v) is 5.80. The molecule has 0 bridgehead atoms. The Morgan fingerprint density at radius 1 is 1.62 bits per heavy atom. The number of rotatable bonds is 3. The summed E-state index contributed by atoms with van der Waals surface area (Å²) in [5.41, 5.74) is 0. The molecule has 0 spiro atoms. The Hall–Kier alpha value is -0.870. The molecule has 2 aliphatic rings. The summed E-state index contributed by atoms with van der Waals surface area (Å²) < 4.78 is 0. The lowest BCUT2D eigenvalue weighted by Gasteiger charge is -2.23. The average molecular weight is 236 g/mol. The summed E-state index contributed by atoms with van der Waals surface area (Å²) in [6.45, 7) is 3.68. The van der Waals surface area contributed by atoms with Gasteiger partial charge in [-0.1, -0.05) is 13.0 Å². The summed E-state index contributed by atoms with van der Waals surface area (Å²) in [4.78, 5) is 15.1. The molecule has 3 rings (SSSR count). The second kappa shape index (κ2) is 3.86. The number of nitrogens with zero attached hydrogens (tertiary/aromatic N) is 1. The summed E-state index contributed by atoms with van der Waals surface area (Å²) in [5.74, 6) is 1.78. The van der Waals surface area contributed by atoms with Gasteiger partial charge in [0.15, 0.2) is 0 Å². The van der Waals surface area contributed by atoms with Crippen LogP contribution in [0.4, 0.5) is 0 Å². The lowest BCUT2D eigenvalue weighted by atomic mass is 10.3. The third-order valence-corrected chi connectivity index (χ3v) is 4.52. The van der Waals surface area contributed by atoms with Gasteiger partial charge in [0.05, 0.1) is 6.54 Å². The van der Waals surface area contributed by atoms with Crippen molar-refractivity contribution in [1.29, 1.82) is 0 Å². The molecule has 2 heterocycles. The van der Waals surface area contributed by atoms with E-state index in [0.717, 1.165) is 18.4 Å². The van der Waals surface area contributed by atoms with Crippen LogP contribution in [0.1, 0.15) is 24.4 Å². The molecular weight excluding hydrogens is 220 g/mol. The van der Waals surface area contributed by atoms with Crippen molar-refractivity contribution in [1.82, 2.24) is 10.2 Å². The molecule has 86 valence electrons. The molecule has 4 heteroatoms. The average Bonchev–Trinajstić information content (AvgIpc) is 2.73. The molecule has 16 heavy (non-hydrogen) atoms. The third kappa shape index (κ3) is 1.76. The van der Waals surface area contributed by atoms with E-state index in [1.807, 2.05) is 11.0 Å². The smallest absolute Gasteiger partial charge is 0.238 e. The van der Waals surface area contributed by atoms with E-state index in [9.17, 15) is 4.79 Å². The summed E-state index contributed by atoms with van der Waals surface area (Å²) in [7, 11) is 0. The fourth-order valence-electron chi connectivity index (χ4n) is 2.35. The second-order valence-electron chi connectivity index (χ2n) is 4.82. The van der Waals surface area contributed by atoms with E-state index in [1.54, 1.807) is 11.3 Å². The maximum Gasteiger partial charge on any atom is 0.238 e. The van der Waals surface area contributed by atoms with Gasteiger partial charge in [-0.15, -0.1) is 11.3 Å². The van der Waals surface area contributed by atoms with Crippen molar-refractivity contribution in [3.8, 4) is 0 Å². The highest BCUT2D eigenvalue weighted by Crippen LogP contribution is 2.40. The van der Waals surface area contributed by atoms with Crippen LogP contribution in [0.2, 0.25) is 0 Å². The fraction of sp³-hybridized carbons (Fsp3) is 0.583. The van der Waals surface area contributed by atoms with Crippen LogP contribution in [0.15, 0.2) is 17.5 Å². The monoisotopic (exact) mass is 236 g/mol. The van der Waals surface area contributed by atoms with E-state index in [4.69, 9.17) is 0 Å². The van der Waals surface area contributed by atoms with Crippen molar-refractivity contribution in [2.24, 2.45) is 11.8 Å². The molecule has 3 atom stereocenters. The Morgan fingerprint density at radius 3 is 3.06 bits per heavy atom. The molecule has 1 aliphatic heterocycles. The van der Waals surface area contributed by atoms with E-state index >= 15 is 0 Å². The van der Waals surface area contributed by atoms with Crippen LogP contribution in [0.5, 0.6) is 0 Å². The minimum Gasteiger partial charge on any atom is -0.321 e. The standard InChI is InChI=1S/C12H16N2OS/c1-8-5-9(8)7-14-11(15)6-13-12(14)10-3-2-4-16-10/h2-4,8-9,12-13H,5-7H2,1H3. The van der Waals surface area contributed by atoms with Crippen LogP contribution >= 0.6 is 11.3 Å². The van der Waals surface area contributed by atoms with Gasteiger partial charge in [-0.3, -0.25) is 10.1 Å². The van der Waals surface area contributed by atoms with Gasteiger partial charge < -0.3 is 4.90 Å². The number of carbonyl (C=O) groups excluding carboxylic acids is 1. The van der Waals surface area contributed by atoms with Crippen LogP contribution in [-0.4, -0.2) is 23.9 Å². The maximum atomic E-state index is 11.8. The molecule has 1 aliphatic carbocycles. The van der Waals surface area contributed by atoms with E-state index in [1.165, 1.54) is 11.3 Å². The quantitative estimate of drug-likeness (QED) is 0.868. The van der Waals surface area contributed by atoms with Gasteiger partial charge in [-0.25, -0.2) is 0 Å². The van der Waals surface area contributed by atoms with Gasteiger partial charge in [0.25, 0.3) is 0 Å². The van der Waals surface area contributed by atoms with E-state index in [0.29, 0.717) is 6.54 Å². The highest BCUT2D eigenvalue weighted by atomic mass is 32.1. The number of thiophene rings is 1. The van der Waals surface area contributed by atoms with Crippen LogP contribution < -0.4 is 5.32 Å². The number of nitrogens with one attached hydrogen (secondary N) is 1. The molecule has 1 N–H and O–H groups in total. The molecule has 3 unspecified atom stereocenters. The zero-order chi connectivity index (χ0) is 11.1. The Morgan fingerprint density at radius 2 is 2.44 bits per heavy atom. The molecular formula is C12H16N2OS. The molecule has 0 aromatic carbocycles. The first-order valence-electron chi connectivity index (χ1n) is 5.82. The molecule has 1 saturated carbocycles. The first kappa shape index (κ1) is 10.3. The first-order valence-corrected chi connectivity index (χ1v) is 6.70. The lowest BCUT2D eigenvalue weighted by Crippen LogP contribution is -2.31. The highest BCUT2D eigenvalue weighted by Gasteiger charge is 2.40. The Kier molecular flexibility index (Phi) is 2.48. The number of hydrogen-bond acceptors (Lipinski definition) is 3. The minimum absolute atomic E-state index is 0.125. The largest absolute Gasteiger partial charge is 0.321 e. The molecule has 2 fully saturated rings. The number of carbonyl (C=O) groups is 1. The SMILES string of the molecule is CC1CC1CN1C(=O)CNC1c1cccs1. The van der Waals surface area contributed by atoms with Crippen molar-refractivity contribution in [3.63, 3.8) is 0 Å². The maximum absolute atomic E-state index is 11.8. The van der Waals surface area contributed by atoms with Crippen molar-refractivity contribution < 1.29 is 4.79 Å². The van der Waals surface area contributed by atoms with Gasteiger partial charge in [-0.05, 0) is 29.7 Å². The summed E-state index contributed by atoms with van der Waals surface area (Å²) >= 11 is 1.72. The Labute approximate surface area is 99.5 Å². The third-order valence-electron chi connectivity index (χ3n) is 3.60. The summed E-state index contributed by atoms with van der Waals surface area (Å²) in [5, 5.41) is 5.36. The minimum atomic E-state index is 0.125. The molecule has 1 aromatic rings. The molecule has 1 saturated heterocycles. The predicted molar refractivity (Wildman–Crippen MR) is 64.0 cm³/mol. The summed E-state index contributed by atoms with van der Waals surface area (Å²) in [6, 6.07) is 4.15. The van der Waals surface area contributed by atoms with Crippen LogP contribution in [0, 0.1) is 11.8 Å². The van der Waals surface area contributed by atoms with E-state index in [-0.39, 0.29) is 12.1 Å². The Bertz CT molecular complexity index is 390. The summed E-state index contributed by atoms with van der Waals surface area (Å²) in [6.07, 6.45) is 1.40. The van der Waals surface area contributed by atoms with Crippen LogP contribution in [0.3, 0.4) is 0 Å². The molecule has 3 nitrogen and oxygen atoms in total.